The van der Waals surface area contributed by atoms with Gasteiger partial charge < -0.3 is 16.1 Å². The van der Waals surface area contributed by atoms with Crippen LogP contribution in [0.25, 0.3) is 0 Å². The van der Waals surface area contributed by atoms with Gasteiger partial charge in [-0.15, -0.1) is 12.4 Å². The summed E-state index contributed by atoms with van der Waals surface area (Å²) in [6.45, 7) is 6.05. The van der Waals surface area contributed by atoms with Gasteiger partial charge in [0, 0.05) is 30.1 Å². The minimum atomic E-state index is 0. The highest BCUT2D eigenvalue weighted by molar-refractivity contribution is 6.05. The summed E-state index contributed by atoms with van der Waals surface area (Å²) in [6.07, 6.45) is 8.05. The van der Waals surface area contributed by atoms with Gasteiger partial charge in [-0.25, -0.2) is 0 Å². The molecule has 152 valence electrons. The van der Waals surface area contributed by atoms with E-state index in [-0.39, 0.29) is 35.5 Å². The maximum absolute atomic E-state index is 13.1. The van der Waals surface area contributed by atoms with E-state index in [1.807, 2.05) is 6.07 Å². The lowest BCUT2D eigenvalue weighted by molar-refractivity contribution is -0.116. The third kappa shape index (κ3) is 5.31. The van der Waals surface area contributed by atoms with Crippen LogP contribution in [-0.4, -0.2) is 30.3 Å². The average molecular weight is 397 g/mol. The van der Waals surface area contributed by atoms with E-state index in [9.17, 15) is 9.59 Å². The van der Waals surface area contributed by atoms with Gasteiger partial charge in [-0.3, -0.25) is 9.59 Å². The van der Waals surface area contributed by atoms with Crippen molar-refractivity contribution in [2.24, 2.45) is 5.92 Å². The molecule has 0 saturated carbocycles. The zero-order valence-electron chi connectivity index (χ0n) is 16.5. The smallest absolute Gasteiger partial charge is 0.224 e. The number of rotatable bonds is 7. The van der Waals surface area contributed by atoms with Crippen LogP contribution < -0.4 is 10.6 Å². The van der Waals surface area contributed by atoms with Crippen molar-refractivity contribution in [2.75, 3.05) is 18.4 Å². The van der Waals surface area contributed by atoms with Crippen molar-refractivity contribution in [3.63, 3.8) is 0 Å². The Morgan fingerprint density at radius 2 is 1.89 bits per heavy atom. The van der Waals surface area contributed by atoms with Gasteiger partial charge in [0.1, 0.15) is 0 Å². The molecule has 2 aliphatic rings. The Hall–Kier alpha value is -1.43. The molecule has 3 rings (SSSR count). The number of aryl methyl sites for hydroxylation is 1. The minimum Gasteiger partial charge on any atom is -0.412 e. The standard InChI is InChI=1S/C21H30N2O2.ClH.H2O/c1-3-4-5-6-11-22-13-15-7-8-16-14(2)12-18-17(20(16)21(15)25)9-10-19(24)23-18;;/h12,15,22H,3-11,13H2,1-2H3,(H,23,24);1H;1H2. The van der Waals surface area contributed by atoms with E-state index in [4.69, 9.17) is 0 Å². The lowest BCUT2D eigenvalue weighted by Gasteiger charge is -2.30. The molecule has 4 N–H and O–H groups in total. The van der Waals surface area contributed by atoms with Crippen LogP contribution in [0, 0.1) is 12.8 Å². The molecule has 1 heterocycles. The summed E-state index contributed by atoms with van der Waals surface area (Å²) in [4.78, 5) is 24.8. The van der Waals surface area contributed by atoms with Gasteiger partial charge in [-0.05, 0) is 61.9 Å². The van der Waals surface area contributed by atoms with Crippen molar-refractivity contribution in [3.05, 3.63) is 28.3 Å². The zero-order chi connectivity index (χ0) is 17.8. The first kappa shape index (κ1) is 23.6. The average Bonchev–Trinajstić information content (AvgIpc) is 2.59. The Morgan fingerprint density at radius 3 is 2.63 bits per heavy atom. The van der Waals surface area contributed by atoms with Gasteiger partial charge >= 0.3 is 0 Å². The van der Waals surface area contributed by atoms with E-state index in [1.54, 1.807) is 0 Å². The Balaban J connectivity index is 0.00000182. The molecule has 1 aromatic carbocycles. The summed E-state index contributed by atoms with van der Waals surface area (Å²) in [5, 5.41) is 6.44. The molecule has 1 atom stereocenters. The first-order valence-corrected chi connectivity index (χ1v) is 9.82. The Kier molecular flexibility index (Phi) is 9.43. The second-order valence-corrected chi connectivity index (χ2v) is 7.49. The lowest BCUT2D eigenvalue weighted by Crippen LogP contribution is -2.35. The second-order valence-electron chi connectivity index (χ2n) is 7.49. The fraction of sp³-hybridized carbons (Fsp3) is 0.619. The monoisotopic (exact) mass is 396 g/mol. The molecule has 6 heteroatoms. The van der Waals surface area contributed by atoms with E-state index in [2.05, 4.69) is 24.5 Å². The van der Waals surface area contributed by atoms with Gasteiger partial charge in [0.25, 0.3) is 0 Å². The largest absolute Gasteiger partial charge is 0.412 e. The number of ketones is 1. The molecule has 0 fully saturated rings. The highest BCUT2D eigenvalue weighted by atomic mass is 35.5. The van der Waals surface area contributed by atoms with E-state index in [0.29, 0.717) is 12.8 Å². The Bertz CT molecular complexity index is 676. The quantitative estimate of drug-likeness (QED) is 0.692. The molecule has 1 aliphatic carbocycles. The van der Waals surface area contributed by atoms with Crippen molar-refractivity contribution in [1.29, 1.82) is 0 Å². The van der Waals surface area contributed by atoms with Crippen molar-refractivity contribution in [3.8, 4) is 0 Å². The van der Waals surface area contributed by atoms with Gasteiger partial charge in [0.15, 0.2) is 5.78 Å². The molecule has 5 nitrogen and oxygen atoms in total. The number of fused-ring (bicyclic) bond motifs is 3. The van der Waals surface area contributed by atoms with Crippen molar-refractivity contribution in [2.45, 2.75) is 65.2 Å². The maximum atomic E-state index is 13.1. The summed E-state index contributed by atoms with van der Waals surface area (Å²) in [6, 6.07) is 2.05. The number of Topliss-reactive ketones (excluding diaryl/α,β-unsaturated/α-hetero) is 1. The predicted molar refractivity (Wildman–Crippen MR) is 112 cm³/mol. The number of unbranched alkanes of at least 4 members (excludes halogenated alkanes) is 3. The molecule has 0 aromatic heterocycles. The third-order valence-electron chi connectivity index (χ3n) is 5.60. The molecule has 1 aliphatic heterocycles. The summed E-state index contributed by atoms with van der Waals surface area (Å²) in [5.74, 6) is 0.404. The first-order chi connectivity index (χ1) is 12.1. The van der Waals surface area contributed by atoms with Crippen LogP contribution >= 0.6 is 12.4 Å². The van der Waals surface area contributed by atoms with Crippen molar-refractivity contribution >= 4 is 29.8 Å². The normalized spacial score (nSPS) is 17.9. The number of carbonyl (C=O) groups is 2. The number of nitrogens with one attached hydrogen (secondary N) is 2. The molecular formula is C21H33ClN2O3. The van der Waals surface area contributed by atoms with Gasteiger partial charge in [0.05, 0.1) is 0 Å². The fourth-order valence-electron chi connectivity index (χ4n) is 4.15. The number of hydrogen-bond acceptors (Lipinski definition) is 3. The highest BCUT2D eigenvalue weighted by Crippen LogP contribution is 2.36. The zero-order valence-corrected chi connectivity index (χ0v) is 17.3. The third-order valence-corrected chi connectivity index (χ3v) is 5.60. The van der Waals surface area contributed by atoms with Gasteiger partial charge in [-0.2, -0.15) is 0 Å². The van der Waals surface area contributed by atoms with Crippen molar-refractivity contribution in [1.82, 2.24) is 5.32 Å². The summed E-state index contributed by atoms with van der Waals surface area (Å²) >= 11 is 0. The number of hydrogen-bond donors (Lipinski definition) is 2. The predicted octanol–water partition coefficient (Wildman–Crippen LogP) is 3.39. The second kappa shape index (κ2) is 10.8. The van der Waals surface area contributed by atoms with Crippen LogP contribution in [0.5, 0.6) is 0 Å². The maximum Gasteiger partial charge on any atom is 0.224 e. The topological polar surface area (TPSA) is 89.7 Å². The lowest BCUT2D eigenvalue weighted by atomic mass is 9.77. The first-order valence-electron chi connectivity index (χ1n) is 9.82. The van der Waals surface area contributed by atoms with E-state index in [1.165, 1.54) is 31.2 Å². The Labute approximate surface area is 168 Å². The van der Waals surface area contributed by atoms with Crippen LogP contribution in [0.3, 0.4) is 0 Å². The summed E-state index contributed by atoms with van der Waals surface area (Å²) < 4.78 is 0. The Morgan fingerprint density at radius 1 is 1.11 bits per heavy atom. The van der Waals surface area contributed by atoms with Crippen LogP contribution in [0.4, 0.5) is 5.69 Å². The SMILES string of the molecule is CCCCCCNCC1CCc2c(C)cc3c(c2C1=O)CCC(=O)N3.Cl.O. The van der Waals surface area contributed by atoms with E-state index >= 15 is 0 Å². The molecule has 0 bridgehead atoms. The molecule has 1 unspecified atom stereocenters. The van der Waals surface area contributed by atoms with Crippen LogP contribution in [0.1, 0.15) is 72.5 Å². The summed E-state index contributed by atoms with van der Waals surface area (Å²) in [5.41, 5.74) is 5.18. The molecule has 27 heavy (non-hydrogen) atoms. The van der Waals surface area contributed by atoms with E-state index in [0.717, 1.165) is 48.3 Å². The molecule has 0 radical (unpaired) electrons. The van der Waals surface area contributed by atoms with Gasteiger partial charge in [-0.1, -0.05) is 26.2 Å². The van der Waals surface area contributed by atoms with Crippen LogP contribution in [0.15, 0.2) is 6.07 Å². The molecule has 0 saturated heterocycles. The molecule has 0 spiro atoms. The molecule has 1 amide bonds. The van der Waals surface area contributed by atoms with Gasteiger partial charge in [0.2, 0.25) is 5.91 Å². The molecular weight excluding hydrogens is 364 g/mol. The number of amides is 1. The number of carbonyl (C=O) groups excluding carboxylic acids is 2. The molecule has 1 aromatic rings. The van der Waals surface area contributed by atoms with Crippen LogP contribution in [-0.2, 0) is 17.6 Å². The number of halogens is 1. The summed E-state index contributed by atoms with van der Waals surface area (Å²) in [7, 11) is 0. The highest BCUT2D eigenvalue weighted by Gasteiger charge is 2.33. The number of benzene rings is 1. The number of anilines is 1. The minimum absolute atomic E-state index is 0. The fourth-order valence-corrected chi connectivity index (χ4v) is 4.15. The van der Waals surface area contributed by atoms with Crippen LogP contribution in [0.2, 0.25) is 0 Å². The van der Waals surface area contributed by atoms with Crippen molar-refractivity contribution < 1.29 is 15.1 Å². The van der Waals surface area contributed by atoms with E-state index < -0.39 is 0 Å².